The van der Waals surface area contributed by atoms with Crippen LogP contribution in [-0.2, 0) is 16.5 Å². The van der Waals surface area contributed by atoms with Gasteiger partial charge in [-0.3, -0.25) is 9.36 Å². The molecule has 10 heteroatoms. The molecule has 0 radical (unpaired) electrons. The van der Waals surface area contributed by atoms with Gasteiger partial charge in [0.1, 0.15) is 5.60 Å². The molecule has 0 aliphatic carbocycles. The third kappa shape index (κ3) is 5.89. The molecule has 0 spiro atoms. The highest BCUT2D eigenvalue weighted by molar-refractivity contribution is 5.90. The molecule has 0 unspecified atom stereocenters. The molecule has 1 amide bonds. The first kappa shape index (κ1) is 24.5. The average Bonchev–Trinajstić information content (AvgIpc) is 2.70. The van der Waals surface area contributed by atoms with E-state index in [0.29, 0.717) is 31.9 Å². The monoisotopic (exact) mass is 438 g/mol. The number of amides is 1. The summed E-state index contributed by atoms with van der Waals surface area (Å²) in [6, 6.07) is 0.0322. The molecule has 1 aromatic rings. The van der Waals surface area contributed by atoms with Gasteiger partial charge in [-0.2, -0.15) is 0 Å². The zero-order valence-corrected chi connectivity index (χ0v) is 19.6. The van der Waals surface area contributed by atoms with Gasteiger partial charge in [0.05, 0.1) is 13.2 Å². The van der Waals surface area contributed by atoms with Gasteiger partial charge in [0.25, 0.3) is 5.56 Å². The Morgan fingerprint density at radius 3 is 2.29 bits per heavy atom. The molecule has 0 N–H and O–H groups in total. The zero-order valence-electron chi connectivity index (χ0n) is 19.6. The Balaban J connectivity index is 2.24. The van der Waals surface area contributed by atoms with E-state index in [0.717, 1.165) is 0 Å². The van der Waals surface area contributed by atoms with E-state index >= 15 is 0 Å². The van der Waals surface area contributed by atoms with Gasteiger partial charge in [-0.1, -0.05) is 0 Å². The van der Waals surface area contributed by atoms with Gasteiger partial charge in [-0.15, -0.1) is 0 Å². The van der Waals surface area contributed by atoms with Crippen LogP contribution >= 0.6 is 0 Å². The summed E-state index contributed by atoms with van der Waals surface area (Å²) in [4.78, 5) is 45.6. The van der Waals surface area contributed by atoms with Crippen molar-refractivity contribution < 1.29 is 23.8 Å². The van der Waals surface area contributed by atoms with Gasteiger partial charge in [-0.25, -0.2) is 14.6 Å². The van der Waals surface area contributed by atoms with E-state index in [1.54, 1.807) is 25.8 Å². The van der Waals surface area contributed by atoms with Crippen LogP contribution in [0.25, 0.3) is 0 Å². The number of ether oxygens (including phenoxy) is 3. The molecule has 0 atom stereocenters. The summed E-state index contributed by atoms with van der Waals surface area (Å²) in [5.74, 6) is -0.467. The third-order valence-corrected chi connectivity index (χ3v) is 4.96. The molecule has 1 saturated heterocycles. The molecular formula is C21H34N4O6. The Kier molecular flexibility index (Phi) is 7.91. The number of carbonyl (C=O) groups is 2. The standard InChI is InChI=1S/C21H34N4O6/c1-8-29-16-15(18(27)30-9-2)22-19(24(7)17(16)26)23(6)14-10-12-25(13-11-14)20(28)31-21(3,4)5/h14H,8-13H2,1-7H3. The molecule has 174 valence electrons. The highest BCUT2D eigenvalue weighted by Gasteiger charge is 2.31. The minimum atomic E-state index is -0.696. The molecule has 10 nitrogen and oxygen atoms in total. The second kappa shape index (κ2) is 10.0. The van der Waals surface area contributed by atoms with Gasteiger partial charge < -0.3 is 24.0 Å². The summed E-state index contributed by atoms with van der Waals surface area (Å²) in [7, 11) is 3.42. The van der Waals surface area contributed by atoms with Crippen LogP contribution in [0.5, 0.6) is 5.75 Å². The van der Waals surface area contributed by atoms with E-state index in [4.69, 9.17) is 14.2 Å². The van der Waals surface area contributed by atoms with Crippen LogP contribution in [-0.4, -0.2) is 71.5 Å². The van der Waals surface area contributed by atoms with Crippen LogP contribution in [0.3, 0.4) is 0 Å². The van der Waals surface area contributed by atoms with E-state index in [1.807, 2.05) is 32.7 Å². The molecule has 2 heterocycles. The summed E-state index contributed by atoms with van der Waals surface area (Å²) >= 11 is 0. The Hall–Kier alpha value is -2.78. The van der Waals surface area contributed by atoms with E-state index in [2.05, 4.69) is 4.98 Å². The molecule has 0 saturated carbocycles. The second-order valence-electron chi connectivity index (χ2n) is 8.42. The number of rotatable bonds is 6. The van der Waals surface area contributed by atoms with Crippen LogP contribution < -0.4 is 15.2 Å². The fourth-order valence-electron chi connectivity index (χ4n) is 3.42. The minimum Gasteiger partial charge on any atom is -0.486 e. The van der Waals surface area contributed by atoms with Crippen molar-refractivity contribution in [3.8, 4) is 5.75 Å². The number of esters is 1. The maximum absolute atomic E-state index is 12.9. The third-order valence-electron chi connectivity index (χ3n) is 4.96. The summed E-state index contributed by atoms with van der Waals surface area (Å²) in [6.45, 7) is 10.4. The smallest absolute Gasteiger partial charge is 0.410 e. The summed E-state index contributed by atoms with van der Waals surface area (Å²) in [5, 5.41) is 0. The van der Waals surface area contributed by atoms with Gasteiger partial charge in [0.15, 0.2) is 5.69 Å². The lowest BCUT2D eigenvalue weighted by molar-refractivity contribution is 0.0204. The fourth-order valence-corrected chi connectivity index (χ4v) is 3.42. The maximum Gasteiger partial charge on any atom is 0.410 e. The highest BCUT2D eigenvalue weighted by atomic mass is 16.6. The largest absolute Gasteiger partial charge is 0.486 e. The molecule has 31 heavy (non-hydrogen) atoms. The summed E-state index contributed by atoms with van der Waals surface area (Å²) in [5.41, 5.74) is -1.12. The average molecular weight is 439 g/mol. The predicted octanol–water partition coefficient (Wildman–Crippen LogP) is 2.19. The highest BCUT2D eigenvalue weighted by Crippen LogP contribution is 2.23. The fraction of sp³-hybridized carbons (Fsp3) is 0.714. The van der Waals surface area contributed by atoms with Gasteiger partial charge in [0.2, 0.25) is 11.7 Å². The lowest BCUT2D eigenvalue weighted by Gasteiger charge is -2.38. The van der Waals surface area contributed by atoms with Crippen LogP contribution in [0, 0.1) is 0 Å². The first-order valence-corrected chi connectivity index (χ1v) is 10.6. The predicted molar refractivity (Wildman–Crippen MR) is 116 cm³/mol. The van der Waals surface area contributed by atoms with Crippen molar-refractivity contribution in [1.82, 2.24) is 14.5 Å². The topological polar surface area (TPSA) is 103 Å². The van der Waals surface area contributed by atoms with Crippen molar-refractivity contribution >= 4 is 18.0 Å². The van der Waals surface area contributed by atoms with Crippen molar-refractivity contribution in [3.05, 3.63) is 16.0 Å². The molecule has 1 aliphatic rings. The summed E-state index contributed by atoms with van der Waals surface area (Å²) < 4.78 is 17.3. The first-order chi connectivity index (χ1) is 14.5. The van der Waals surface area contributed by atoms with Crippen LogP contribution in [0.1, 0.15) is 57.9 Å². The number of likely N-dealkylation sites (tertiary alicyclic amines) is 1. The van der Waals surface area contributed by atoms with E-state index in [-0.39, 0.29) is 36.8 Å². The second-order valence-corrected chi connectivity index (χ2v) is 8.42. The van der Waals surface area contributed by atoms with Crippen molar-refractivity contribution in [2.75, 3.05) is 38.3 Å². The van der Waals surface area contributed by atoms with E-state index in [1.165, 1.54) is 4.57 Å². The first-order valence-electron chi connectivity index (χ1n) is 10.6. The van der Waals surface area contributed by atoms with Gasteiger partial charge in [-0.05, 0) is 47.5 Å². The molecule has 1 aromatic heterocycles. The number of hydrogen-bond donors (Lipinski definition) is 0. The van der Waals surface area contributed by atoms with E-state index < -0.39 is 17.1 Å². The van der Waals surface area contributed by atoms with Gasteiger partial charge in [0, 0.05) is 33.2 Å². The summed E-state index contributed by atoms with van der Waals surface area (Å²) in [6.07, 6.45) is 1.02. The molecule has 0 aromatic carbocycles. The Bertz CT molecular complexity index is 853. The normalized spacial score (nSPS) is 14.9. The number of anilines is 1. The lowest BCUT2D eigenvalue weighted by Crippen LogP contribution is -2.48. The number of aromatic nitrogens is 2. The quantitative estimate of drug-likeness (QED) is 0.623. The maximum atomic E-state index is 12.9. The SMILES string of the molecule is CCOC(=O)c1nc(N(C)C2CCN(C(=O)OC(C)(C)C)CC2)n(C)c(=O)c1OCC. The van der Waals surface area contributed by atoms with Crippen molar-refractivity contribution in [2.45, 2.75) is 59.1 Å². The molecule has 1 aliphatic heterocycles. The lowest BCUT2D eigenvalue weighted by atomic mass is 10.0. The van der Waals surface area contributed by atoms with Crippen LogP contribution in [0.15, 0.2) is 4.79 Å². The number of hydrogen-bond acceptors (Lipinski definition) is 8. The van der Waals surface area contributed by atoms with E-state index in [9.17, 15) is 14.4 Å². The minimum absolute atomic E-state index is 0.0322. The van der Waals surface area contributed by atoms with Crippen LogP contribution in [0.2, 0.25) is 0 Å². The molecule has 1 fully saturated rings. The Labute approximate surface area is 183 Å². The van der Waals surface area contributed by atoms with Crippen molar-refractivity contribution in [1.29, 1.82) is 0 Å². The number of carbonyl (C=O) groups excluding carboxylic acids is 2. The zero-order chi connectivity index (χ0) is 23.3. The van der Waals surface area contributed by atoms with Crippen molar-refractivity contribution in [3.63, 3.8) is 0 Å². The molecule has 2 rings (SSSR count). The molecular weight excluding hydrogens is 404 g/mol. The Morgan fingerprint density at radius 1 is 1.16 bits per heavy atom. The number of nitrogens with zero attached hydrogens (tertiary/aromatic N) is 4. The number of piperidine rings is 1. The Morgan fingerprint density at radius 2 is 1.77 bits per heavy atom. The molecule has 0 bridgehead atoms. The van der Waals surface area contributed by atoms with Crippen molar-refractivity contribution in [2.24, 2.45) is 7.05 Å². The van der Waals surface area contributed by atoms with Crippen LogP contribution in [0.4, 0.5) is 10.7 Å². The van der Waals surface area contributed by atoms with Gasteiger partial charge >= 0.3 is 12.1 Å².